The van der Waals surface area contributed by atoms with E-state index in [1.165, 1.54) is 0 Å². The fourth-order valence-electron chi connectivity index (χ4n) is 2.60. The van der Waals surface area contributed by atoms with Crippen LogP contribution < -0.4 is 10.6 Å². The number of aryl methyl sites for hydroxylation is 1. The summed E-state index contributed by atoms with van der Waals surface area (Å²) in [6.07, 6.45) is 1.92. The summed E-state index contributed by atoms with van der Waals surface area (Å²) in [6, 6.07) is 11.7. The predicted octanol–water partition coefficient (Wildman–Crippen LogP) is 3.44. The maximum atomic E-state index is 12.0. The minimum absolute atomic E-state index is 0.0322. The lowest BCUT2D eigenvalue weighted by Gasteiger charge is -2.15. The Kier molecular flexibility index (Phi) is 7.07. The highest BCUT2D eigenvalue weighted by atomic mass is 16.3. The first kappa shape index (κ1) is 19.1. The smallest absolute Gasteiger partial charge is 0.224 e. The monoisotopic (exact) mass is 344 g/mol. The van der Waals surface area contributed by atoms with Gasteiger partial charge < -0.3 is 20.2 Å². The second-order valence-corrected chi connectivity index (χ2v) is 6.25. The largest absolute Gasteiger partial charge is 0.464 e. The molecule has 1 aromatic carbocycles. The lowest BCUT2D eigenvalue weighted by Crippen LogP contribution is -2.37. The molecule has 2 rings (SSSR count). The third-order valence-electron chi connectivity index (χ3n) is 4.24. The van der Waals surface area contributed by atoms with Gasteiger partial charge in [-0.05, 0) is 43.2 Å². The second-order valence-electron chi connectivity index (χ2n) is 6.25. The topological polar surface area (TPSA) is 74.5 Å². The Hall–Kier alpha value is -2.27. The maximum absolute atomic E-state index is 12.0. The zero-order chi connectivity index (χ0) is 18.2. The van der Waals surface area contributed by atoms with Gasteiger partial charge in [0.05, 0.1) is 25.1 Å². The average Bonchev–Trinajstić information content (AvgIpc) is 3.10. The zero-order valence-corrected chi connectivity index (χ0v) is 15.2. The molecule has 0 aliphatic heterocycles. The van der Waals surface area contributed by atoms with Crippen LogP contribution in [0.3, 0.4) is 0 Å². The number of anilines is 1. The first-order valence-electron chi connectivity index (χ1n) is 8.90. The van der Waals surface area contributed by atoms with Crippen LogP contribution in [0.15, 0.2) is 40.8 Å². The molecular weight excluding hydrogens is 316 g/mol. The normalized spacial score (nSPS) is 13.3. The van der Waals surface area contributed by atoms with Crippen LogP contribution in [0.4, 0.5) is 5.69 Å². The van der Waals surface area contributed by atoms with Crippen LogP contribution in [0.5, 0.6) is 0 Å². The van der Waals surface area contributed by atoms with Crippen molar-refractivity contribution in [2.75, 3.05) is 11.9 Å². The zero-order valence-electron chi connectivity index (χ0n) is 15.2. The summed E-state index contributed by atoms with van der Waals surface area (Å²) in [4.78, 5) is 12.0. The lowest BCUT2D eigenvalue weighted by atomic mass is 10.1. The molecule has 3 N–H and O–H groups in total. The molecule has 5 nitrogen and oxygen atoms in total. The molecule has 1 amide bonds. The first-order chi connectivity index (χ1) is 12.0. The highest BCUT2D eigenvalue weighted by molar-refractivity contribution is 5.79. The number of hydrogen-bond acceptors (Lipinski definition) is 4. The van der Waals surface area contributed by atoms with E-state index in [1.807, 2.05) is 43.3 Å². The van der Waals surface area contributed by atoms with Crippen molar-refractivity contribution in [1.82, 2.24) is 5.32 Å². The number of carbonyl (C=O) groups is 1. The molecule has 0 bridgehead atoms. The molecule has 0 aliphatic carbocycles. The van der Waals surface area contributed by atoms with Gasteiger partial charge in [0.2, 0.25) is 5.91 Å². The molecular formula is C20H28N2O3. The molecule has 5 heteroatoms. The highest BCUT2D eigenvalue weighted by Crippen LogP contribution is 2.22. The molecule has 0 aliphatic rings. The fourth-order valence-corrected chi connectivity index (χ4v) is 2.60. The van der Waals surface area contributed by atoms with Crippen LogP contribution in [0.1, 0.15) is 50.3 Å². The van der Waals surface area contributed by atoms with E-state index in [2.05, 4.69) is 24.5 Å². The van der Waals surface area contributed by atoms with Crippen LogP contribution in [0.25, 0.3) is 0 Å². The van der Waals surface area contributed by atoms with Gasteiger partial charge in [0.25, 0.3) is 0 Å². The van der Waals surface area contributed by atoms with Crippen molar-refractivity contribution in [2.24, 2.45) is 0 Å². The minimum atomic E-state index is -0.171. The predicted molar refractivity (Wildman–Crippen MR) is 99.6 cm³/mol. The van der Waals surface area contributed by atoms with Gasteiger partial charge in [-0.1, -0.05) is 26.0 Å². The van der Waals surface area contributed by atoms with Crippen LogP contribution in [-0.2, 0) is 17.6 Å². The van der Waals surface area contributed by atoms with Gasteiger partial charge in [0.1, 0.15) is 11.5 Å². The molecule has 2 aromatic rings. The van der Waals surface area contributed by atoms with Crippen molar-refractivity contribution in [3.63, 3.8) is 0 Å². The summed E-state index contributed by atoms with van der Waals surface area (Å²) >= 11 is 0. The van der Waals surface area contributed by atoms with Crippen LogP contribution >= 0.6 is 0 Å². The maximum Gasteiger partial charge on any atom is 0.224 e. The minimum Gasteiger partial charge on any atom is -0.464 e. The number of amides is 1. The second kappa shape index (κ2) is 9.28. The van der Waals surface area contributed by atoms with E-state index in [0.29, 0.717) is 6.42 Å². The van der Waals surface area contributed by atoms with Crippen LogP contribution in [0.2, 0.25) is 0 Å². The molecule has 0 radical (unpaired) electrons. The molecule has 25 heavy (non-hydrogen) atoms. The number of rotatable bonds is 9. The third-order valence-corrected chi connectivity index (χ3v) is 4.24. The first-order valence-corrected chi connectivity index (χ1v) is 8.90. The van der Waals surface area contributed by atoms with Gasteiger partial charge in [-0.3, -0.25) is 4.79 Å². The number of nitrogens with one attached hydrogen (secondary N) is 2. The van der Waals surface area contributed by atoms with Crippen molar-refractivity contribution >= 4 is 11.6 Å². The third kappa shape index (κ3) is 5.64. The van der Waals surface area contributed by atoms with Gasteiger partial charge in [-0.15, -0.1) is 0 Å². The summed E-state index contributed by atoms with van der Waals surface area (Å²) in [6.45, 7) is 6.03. The Bertz CT molecular complexity index is 660. The summed E-state index contributed by atoms with van der Waals surface area (Å²) in [5.74, 6) is 1.82. The van der Waals surface area contributed by atoms with Crippen molar-refractivity contribution < 1.29 is 14.3 Å². The number of aliphatic hydroxyl groups excluding tert-OH is 1. The summed E-state index contributed by atoms with van der Waals surface area (Å²) in [7, 11) is 0. The highest BCUT2D eigenvalue weighted by Gasteiger charge is 2.11. The Morgan fingerprint density at radius 1 is 1.16 bits per heavy atom. The number of aliphatic hydroxyl groups is 1. The molecule has 1 heterocycles. The van der Waals surface area contributed by atoms with Gasteiger partial charge in [-0.2, -0.15) is 0 Å². The SMILES string of the molecule is CCc1ccc(C(C)Nc2ccc(CC(=O)NC(CC)CO)cc2)o1. The summed E-state index contributed by atoms with van der Waals surface area (Å²) < 4.78 is 5.77. The Morgan fingerprint density at radius 2 is 1.88 bits per heavy atom. The fraction of sp³-hybridized carbons (Fsp3) is 0.450. The number of carbonyl (C=O) groups excluding carboxylic acids is 1. The molecule has 1 aromatic heterocycles. The standard InChI is InChI=1S/C20H28N2O3/c1-4-16(13-23)22-20(24)12-15-6-8-17(9-7-15)21-14(3)19-11-10-18(5-2)25-19/h6-11,14,16,21,23H,4-5,12-13H2,1-3H3,(H,22,24). The molecule has 136 valence electrons. The van der Waals surface area contributed by atoms with E-state index in [1.54, 1.807) is 0 Å². The van der Waals surface area contributed by atoms with Crippen molar-refractivity contribution in [1.29, 1.82) is 0 Å². The molecule has 0 fully saturated rings. The van der Waals surface area contributed by atoms with Gasteiger partial charge >= 0.3 is 0 Å². The Morgan fingerprint density at radius 3 is 2.44 bits per heavy atom. The van der Waals surface area contributed by atoms with E-state index in [4.69, 9.17) is 9.52 Å². The van der Waals surface area contributed by atoms with E-state index in [0.717, 1.165) is 35.6 Å². The quantitative estimate of drug-likeness (QED) is 0.651. The summed E-state index contributed by atoms with van der Waals surface area (Å²) in [5.41, 5.74) is 1.92. The Balaban J connectivity index is 1.89. The molecule has 0 saturated carbocycles. The van der Waals surface area contributed by atoms with Crippen molar-refractivity contribution in [3.05, 3.63) is 53.5 Å². The molecule has 2 atom stereocenters. The Labute approximate surface area is 149 Å². The lowest BCUT2D eigenvalue weighted by molar-refractivity contribution is -0.121. The van der Waals surface area contributed by atoms with E-state index in [-0.39, 0.29) is 24.6 Å². The number of benzene rings is 1. The van der Waals surface area contributed by atoms with Crippen molar-refractivity contribution in [2.45, 2.75) is 52.1 Å². The van der Waals surface area contributed by atoms with Gasteiger partial charge in [0.15, 0.2) is 0 Å². The molecule has 2 unspecified atom stereocenters. The van der Waals surface area contributed by atoms with Crippen LogP contribution in [-0.4, -0.2) is 23.7 Å². The average molecular weight is 344 g/mol. The van der Waals surface area contributed by atoms with E-state index in [9.17, 15) is 4.79 Å². The van der Waals surface area contributed by atoms with Crippen molar-refractivity contribution in [3.8, 4) is 0 Å². The van der Waals surface area contributed by atoms with Gasteiger partial charge in [0, 0.05) is 12.1 Å². The number of hydrogen-bond donors (Lipinski definition) is 3. The molecule has 0 spiro atoms. The molecule has 0 saturated heterocycles. The van der Waals surface area contributed by atoms with Gasteiger partial charge in [-0.25, -0.2) is 0 Å². The van der Waals surface area contributed by atoms with E-state index < -0.39 is 0 Å². The van der Waals surface area contributed by atoms with Crippen LogP contribution in [0, 0.1) is 0 Å². The summed E-state index contributed by atoms with van der Waals surface area (Å²) in [5, 5.41) is 15.4. The number of furan rings is 1. The van der Waals surface area contributed by atoms with E-state index >= 15 is 0 Å².